The summed E-state index contributed by atoms with van der Waals surface area (Å²) in [6.45, 7) is 3.71. The molecule has 6 nitrogen and oxygen atoms in total. The lowest BCUT2D eigenvalue weighted by Gasteiger charge is -2.34. The Balaban J connectivity index is 1.55. The first-order valence-corrected chi connectivity index (χ1v) is 8.30. The summed E-state index contributed by atoms with van der Waals surface area (Å²) in [6.07, 6.45) is 0. The van der Waals surface area contributed by atoms with Gasteiger partial charge in [-0.2, -0.15) is 0 Å². The Morgan fingerprint density at radius 3 is 2.40 bits per heavy atom. The van der Waals surface area contributed by atoms with Crippen LogP contribution in [-0.4, -0.2) is 54.1 Å². The minimum Gasteiger partial charge on any atom is -0.504 e. The van der Waals surface area contributed by atoms with Crippen LogP contribution in [0.3, 0.4) is 0 Å². The van der Waals surface area contributed by atoms with Gasteiger partial charge in [-0.25, -0.2) is 0 Å². The van der Waals surface area contributed by atoms with Gasteiger partial charge in [0.15, 0.2) is 11.5 Å². The molecule has 1 saturated heterocycles. The van der Waals surface area contributed by atoms with E-state index in [1.54, 1.807) is 36.4 Å². The number of benzene rings is 2. The standard InChI is InChI=1S/C19H23N3O3/c1-25-18-7-2-14(12-17(18)23)13-21-8-10-22(11-9-21)19(24)15-3-5-16(20)6-4-15/h2-7,12,23H,8-11,13,20H2,1H3. The highest BCUT2D eigenvalue weighted by Crippen LogP contribution is 2.27. The Kier molecular flexibility index (Phi) is 5.09. The SMILES string of the molecule is COc1ccc(CN2CCN(C(=O)c3ccc(N)cc3)CC2)cc1O. The fourth-order valence-electron chi connectivity index (χ4n) is 3.01. The maximum absolute atomic E-state index is 12.5. The van der Waals surface area contributed by atoms with Gasteiger partial charge in [-0.15, -0.1) is 0 Å². The molecule has 1 fully saturated rings. The molecular weight excluding hydrogens is 318 g/mol. The summed E-state index contributed by atoms with van der Waals surface area (Å²) in [5, 5.41) is 9.88. The highest BCUT2D eigenvalue weighted by molar-refractivity contribution is 5.94. The molecule has 0 saturated carbocycles. The smallest absolute Gasteiger partial charge is 0.253 e. The van der Waals surface area contributed by atoms with E-state index in [1.807, 2.05) is 11.0 Å². The van der Waals surface area contributed by atoms with Crippen LogP contribution in [0.5, 0.6) is 11.5 Å². The molecule has 3 rings (SSSR count). The van der Waals surface area contributed by atoms with Crippen molar-refractivity contribution in [2.24, 2.45) is 0 Å². The molecule has 0 spiro atoms. The van der Waals surface area contributed by atoms with Crippen molar-refractivity contribution >= 4 is 11.6 Å². The Hall–Kier alpha value is -2.73. The number of carbonyl (C=O) groups excluding carboxylic acids is 1. The summed E-state index contributed by atoms with van der Waals surface area (Å²) in [5.41, 5.74) is 8.02. The number of hydrogen-bond acceptors (Lipinski definition) is 5. The van der Waals surface area contributed by atoms with Crippen LogP contribution < -0.4 is 10.5 Å². The lowest BCUT2D eigenvalue weighted by atomic mass is 10.1. The zero-order chi connectivity index (χ0) is 17.8. The van der Waals surface area contributed by atoms with Crippen LogP contribution in [0.1, 0.15) is 15.9 Å². The first kappa shape index (κ1) is 17.1. The number of methoxy groups -OCH3 is 1. The van der Waals surface area contributed by atoms with E-state index in [-0.39, 0.29) is 11.7 Å². The quantitative estimate of drug-likeness (QED) is 0.831. The molecule has 0 aromatic heterocycles. The molecule has 1 heterocycles. The number of nitrogens with two attached hydrogens (primary N) is 1. The second-order valence-electron chi connectivity index (χ2n) is 6.20. The van der Waals surface area contributed by atoms with Crippen molar-refractivity contribution < 1.29 is 14.6 Å². The molecule has 1 aliphatic rings. The summed E-state index contributed by atoms with van der Waals surface area (Å²) in [5.74, 6) is 0.668. The predicted octanol–water partition coefficient (Wildman–Crippen LogP) is 1.94. The van der Waals surface area contributed by atoms with Gasteiger partial charge in [-0.3, -0.25) is 9.69 Å². The molecule has 0 unspecified atom stereocenters. The number of nitrogens with zero attached hydrogens (tertiary/aromatic N) is 2. The number of amides is 1. The van der Waals surface area contributed by atoms with E-state index in [0.717, 1.165) is 25.2 Å². The van der Waals surface area contributed by atoms with Crippen molar-refractivity contribution in [2.45, 2.75) is 6.54 Å². The van der Waals surface area contributed by atoms with Crippen LogP contribution >= 0.6 is 0 Å². The molecule has 0 aliphatic carbocycles. The summed E-state index contributed by atoms with van der Waals surface area (Å²) < 4.78 is 5.06. The number of piperazine rings is 1. The number of anilines is 1. The molecule has 3 N–H and O–H groups in total. The number of hydrogen-bond donors (Lipinski definition) is 2. The van der Waals surface area contributed by atoms with Crippen LogP contribution in [0.2, 0.25) is 0 Å². The Bertz CT molecular complexity index is 738. The lowest BCUT2D eigenvalue weighted by Crippen LogP contribution is -2.48. The van der Waals surface area contributed by atoms with E-state index in [1.165, 1.54) is 7.11 Å². The monoisotopic (exact) mass is 341 g/mol. The average Bonchev–Trinajstić information content (AvgIpc) is 2.63. The van der Waals surface area contributed by atoms with Gasteiger partial charge < -0.3 is 20.5 Å². The molecule has 2 aromatic rings. The maximum Gasteiger partial charge on any atom is 0.253 e. The van der Waals surface area contributed by atoms with Crippen LogP contribution in [0.25, 0.3) is 0 Å². The highest BCUT2D eigenvalue weighted by atomic mass is 16.5. The molecule has 2 aromatic carbocycles. The third kappa shape index (κ3) is 4.03. The zero-order valence-corrected chi connectivity index (χ0v) is 14.3. The molecular formula is C19H23N3O3. The molecule has 1 aliphatic heterocycles. The predicted molar refractivity (Wildman–Crippen MR) is 96.7 cm³/mol. The summed E-state index contributed by atoms with van der Waals surface area (Å²) in [6, 6.07) is 12.5. The van der Waals surface area contributed by atoms with Crippen molar-refractivity contribution in [1.29, 1.82) is 0 Å². The van der Waals surface area contributed by atoms with Gasteiger partial charge in [0.25, 0.3) is 5.91 Å². The van der Waals surface area contributed by atoms with Crippen LogP contribution in [0.4, 0.5) is 5.69 Å². The van der Waals surface area contributed by atoms with E-state index in [4.69, 9.17) is 10.5 Å². The number of nitrogen functional groups attached to an aromatic ring is 1. The molecule has 0 bridgehead atoms. The molecule has 0 atom stereocenters. The van der Waals surface area contributed by atoms with Crippen molar-refractivity contribution in [1.82, 2.24) is 9.80 Å². The van der Waals surface area contributed by atoms with Gasteiger partial charge in [0.1, 0.15) is 0 Å². The lowest BCUT2D eigenvalue weighted by molar-refractivity contribution is 0.0628. The van der Waals surface area contributed by atoms with Gasteiger partial charge in [-0.1, -0.05) is 6.07 Å². The van der Waals surface area contributed by atoms with E-state index < -0.39 is 0 Å². The number of phenolic OH excluding ortho intramolecular Hbond substituents is 1. The summed E-state index contributed by atoms with van der Waals surface area (Å²) >= 11 is 0. The highest BCUT2D eigenvalue weighted by Gasteiger charge is 2.22. The minimum atomic E-state index is 0.0433. The minimum absolute atomic E-state index is 0.0433. The van der Waals surface area contributed by atoms with Crippen molar-refractivity contribution in [2.75, 3.05) is 39.0 Å². The molecule has 6 heteroatoms. The van der Waals surface area contributed by atoms with Gasteiger partial charge in [0.05, 0.1) is 7.11 Å². The summed E-state index contributed by atoms with van der Waals surface area (Å²) in [7, 11) is 1.53. The Morgan fingerprint density at radius 1 is 1.12 bits per heavy atom. The summed E-state index contributed by atoms with van der Waals surface area (Å²) in [4.78, 5) is 16.7. The van der Waals surface area contributed by atoms with E-state index in [2.05, 4.69) is 4.90 Å². The molecule has 132 valence electrons. The van der Waals surface area contributed by atoms with E-state index in [9.17, 15) is 9.90 Å². The van der Waals surface area contributed by atoms with Crippen molar-refractivity contribution in [3.63, 3.8) is 0 Å². The first-order valence-electron chi connectivity index (χ1n) is 8.30. The van der Waals surface area contributed by atoms with Crippen molar-refractivity contribution in [3.8, 4) is 11.5 Å². The number of aromatic hydroxyl groups is 1. The van der Waals surface area contributed by atoms with Gasteiger partial charge in [-0.05, 0) is 42.0 Å². The number of phenols is 1. The van der Waals surface area contributed by atoms with Gasteiger partial charge in [0.2, 0.25) is 0 Å². The van der Waals surface area contributed by atoms with Crippen LogP contribution in [0.15, 0.2) is 42.5 Å². The third-order valence-electron chi connectivity index (χ3n) is 4.47. The second kappa shape index (κ2) is 7.44. The number of rotatable bonds is 4. The van der Waals surface area contributed by atoms with Crippen LogP contribution in [0, 0.1) is 0 Å². The van der Waals surface area contributed by atoms with Crippen molar-refractivity contribution in [3.05, 3.63) is 53.6 Å². The topological polar surface area (TPSA) is 79.0 Å². The fourth-order valence-corrected chi connectivity index (χ4v) is 3.01. The molecule has 25 heavy (non-hydrogen) atoms. The van der Waals surface area contributed by atoms with Gasteiger partial charge in [0, 0.05) is 44.0 Å². The van der Waals surface area contributed by atoms with E-state index >= 15 is 0 Å². The third-order valence-corrected chi connectivity index (χ3v) is 4.47. The maximum atomic E-state index is 12.5. The Morgan fingerprint density at radius 2 is 1.80 bits per heavy atom. The fraction of sp³-hybridized carbons (Fsp3) is 0.316. The zero-order valence-electron chi connectivity index (χ0n) is 14.3. The van der Waals surface area contributed by atoms with E-state index in [0.29, 0.717) is 30.1 Å². The van der Waals surface area contributed by atoms with Gasteiger partial charge >= 0.3 is 0 Å². The normalized spacial score (nSPS) is 15.2. The van der Waals surface area contributed by atoms with Crippen LogP contribution in [-0.2, 0) is 6.54 Å². The largest absolute Gasteiger partial charge is 0.504 e. The number of carbonyl (C=O) groups is 1. The first-order chi connectivity index (χ1) is 12.1. The Labute approximate surface area is 147 Å². The number of ether oxygens (including phenoxy) is 1. The second-order valence-corrected chi connectivity index (χ2v) is 6.20. The molecule has 0 radical (unpaired) electrons. The average molecular weight is 341 g/mol. The molecule has 1 amide bonds.